The van der Waals surface area contributed by atoms with Crippen LogP contribution in [0, 0.1) is 11.8 Å². The molecule has 0 spiro atoms. The normalized spacial score (nSPS) is 32.6. The molecule has 1 aliphatic heterocycles. The largest absolute Gasteiger partial charge is 0.468 e. The summed E-state index contributed by atoms with van der Waals surface area (Å²) in [6, 6.07) is -0.0440. The molecule has 2 atom stereocenters. The highest BCUT2D eigenvalue weighted by molar-refractivity contribution is 5.75. The van der Waals surface area contributed by atoms with Crippen molar-refractivity contribution in [1.29, 1.82) is 0 Å². The van der Waals surface area contributed by atoms with Gasteiger partial charge in [-0.05, 0) is 37.6 Å². The van der Waals surface area contributed by atoms with E-state index in [0.717, 1.165) is 24.8 Å². The molecule has 1 N–H and O–H groups in total. The summed E-state index contributed by atoms with van der Waals surface area (Å²) in [5.41, 5.74) is 0. The molecule has 14 heavy (non-hydrogen) atoms. The number of piperidine rings is 1. The number of esters is 1. The number of hydrogen-bond donors (Lipinski definition) is 1. The quantitative estimate of drug-likeness (QED) is 0.694. The van der Waals surface area contributed by atoms with Crippen molar-refractivity contribution in [2.45, 2.75) is 38.1 Å². The summed E-state index contributed by atoms with van der Waals surface area (Å²) >= 11 is 0. The number of carbonyl (C=O) groups excluding carboxylic acids is 1. The minimum atomic E-state index is -0.0921. The van der Waals surface area contributed by atoms with Crippen LogP contribution in [0.5, 0.6) is 0 Å². The molecule has 0 aromatic heterocycles. The maximum Gasteiger partial charge on any atom is 0.322 e. The van der Waals surface area contributed by atoms with Crippen LogP contribution in [0.1, 0.15) is 32.1 Å². The molecule has 2 aliphatic rings. The lowest BCUT2D eigenvalue weighted by Gasteiger charge is -2.28. The van der Waals surface area contributed by atoms with E-state index in [1.807, 2.05) is 0 Å². The number of ether oxygens (including phenoxy) is 1. The zero-order valence-electron chi connectivity index (χ0n) is 8.79. The molecule has 1 heterocycles. The zero-order chi connectivity index (χ0) is 9.97. The van der Waals surface area contributed by atoms with Gasteiger partial charge < -0.3 is 10.1 Å². The minimum absolute atomic E-state index is 0.0440. The van der Waals surface area contributed by atoms with Crippen LogP contribution in [0.3, 0.4) is 0 Å². The van der Waals surface area contributed by atoms with E-state index in [9.17, 15) is 4.79 Å². The highest BCUT2D eigenvalue weighted by Crippen LogP contribution is 2.38. The summed E-state index contributed by atoms with van der Waals surface area (Å²) < 4.78 is 4.76. The average molecular weight is 197 g/mol. The van der Waals surface area contributed by atoms with Crippen LogP contribution in [0.15, 0.2) is 0 Å². The van der Waals surface area contributed by atoms with Gasteiger partial charge in [-0.3, -0.25) is 4.79 Å². The van der Waals surface area contributed by atoms with Crippen LogP contribution >= 0.6 is 0 Å². The Morgan fingerprint density at radius 2 is 2.14 bits per heavy atom. The summed E-state index contributed by atoms with van der Waals surface area (Å²) in [6.07, 6.45) is 6.35. The molecule has 3 heteroatoms. The number of hydrogen-bond acceptors (Lipinski definition) is 3. The minimum Gasteiger partial charge on any atom is -0.468 e. The predicted molar refractivity (Wildman–Crippen MR) is 53.9 cm³/mol. The van der Waals surface area contributed by atoms with Gasteiger partial charge in [0.25, 0.3) is 0 Å². The van der Waals surface area contributed by atoms with Crippen molar-refractivity contribution in [2.24, 2.45) is 11.8 Å². The number of carbonyl (C=O) groups is 1. The van der Waals surface area contributed by atoms with Gasteiger partial charge in [-0.15, -0.1) is 0 Å². The van der Waals surface area contributed by atoms with Gasteiger partial charge >= 0.3 is 5.97 Å². The molecular formula is C11H19NO2. The van der Waals surface area contributed by atoms with E-state index in [2.05, 4.69) is 5.32 Å². The van der Waals surface area contributed by atoms with Crippen LogP contribution in [0.4, 0.5) is 0 Å². The first-order chi connectivity index (χ1) is 6.79. The van der Waals surface area contributed by atoms with Gasteiger partial charge in [0, 0.05) is 0 Å². The Hall–Kier alpha value is -0.570. The van der Waals surface area contributed by atoms with Crippen molar-refractivity contribution in [2.75, 3.05) is 13.7 Å². The molecule has 0 radical (unpaired) electrons. The zero-order valence-corrected chi connectivity index (χ0v) is 8.79. The molecule has 0 bridgehead atoms. The van der Waals surface area contributed by atoms with Gasteiger partial charge in [0.1, 0.15) is 6.04 Å². The number of methoxy groups -OCH3 is 1. The van der Waals surface area contributed by atoms with Crippen LogP contribution < -0.4 is 5.32 Å². The van der Waals surface area contributed by atoms with E-state index < -0.39 is 0 Å². The van der Waals surface area contributed by atoms with E-state index in [4.69, 9.17) is 4.74 Å². The predicted octanol–water partition coefficient (Wildman–Crippen LogP) is 1.33. The first kappa shape index (κ1) is 9.97. The second-order valence-corrected chi connectivity index (χ2v) is 4.60. The molecule has 0 amide bonds. The number of nitrogens with one attached hydrogen (secondary N) is 1. The van der Waals surface area contributed by atoms with Gasteiger partial charge in [0.05, 0.1) is 7.11 Å². The van der Waals surface area contributed by atoms with Gasteiger partial charge in [0.2, 0.25) is 0 Å². The maximum absolute atomic E-state index is 11.3. The second kappa shape index (κ2) is 4.30. The smallest absolute Gasteiger partial charge is 0.322 e. The summed E-state index contributed by atoms with van der Waals surface area (Å²) in [7, 11) is 1.47. The van der Waals surface area contributed by atoms with Crippen LogP contribution in [-0.2, 0) is 9.53 Å². The number of rotatable bonds is 3. The third-order valence-corrected chi connectivity index (χ3v) is 3.36. The lowest BCUT2D eigenvalue weighted by molar-refractivity contribution is -0.144. The summed E-state index contributed by atoms with van der Waals surface area (Å²) in [4.78, 5) is 11.3. The van der Waals surface area contributed by atoms with Crippen molar-refractivity contribution in [1.82, 2.24) is 5.32 Å². The Bertz CT molecular complexity index is 213. The fourth-order valence-electron chi connectivity index (χ4n) is 2.36. The van der Waals surface area contributed by atoms with Crippen molar-refractivity contribution in [3.05, 3.63) is 0 Å². The van der Waals surface area contributed by atoms with E-state index in [-0.39, 0.29) is 12.0 Å². The lowest BCUT2D eigenvalue weighted by atomic mass is 9.88. The average Bonchev–Trinajstić information content (AvgIpc) is 3.01. The van der Waals surface area contributed by atoms with Gasteiger partial charge in [-0.2, -0.15) is 0 Å². The lowest BCUT2D eigenvalue weighted by Crippen LogP contribution is -2.44. The fraction of sp³-hybridized carbons (Fsp3) is 0.909. The highest BCUT2D eigenvalue weighted by atomic mass is 16.5. The monoisotopic (exact) mass is 197 g/mol. The van der Waals surface area contributed by atoms with E-state index in [0.29, 0.717) is 0 Å². The van der Waals surface area contributed by atoms with Crippen molar-refractivity contribution in [3.8, 4) is 0 Å². The third-order valence-electron chi connectivity index (χ3n) is 3.36. The molecule has 2 rings (SSSR count). The van der Waals surface area contributed by atoms with Gasteiger partial charge in [-0.25, -0.2) is 0 Å². The summed E-state index contributed by atoms with van der Waals surface area (Å²) in [5.74, 6) is 1.62. The molecule has 0 aromatic carbocycles. The van der Waals surface area contributed by atoms with Gasteiger partial charge in [-0.1, -0.05) is 12.8 Å². The second-order valence-electron chi connectivity index (χ2n) is 4.60. The topological polar surface area (TPSA) is 38.3 Å². The molecule has 2 unspecified atom stereocenters. The van der Waals surface area contributed by atoms with Crippen LogP contribution in [-0.4, -0.2) is 25.7 Å². The SMILES string of the molecule is COC(=O)C1CC(CC2CC2)CCN1. The third kappa shape index (κ3) is 2.47. The highest BCUT2D eigenvalue weighted by Gasteiger charge is 2.31. The summed E-state index contributed by atoms with van der Waals surface area (Å²) in [5, 5.41) is 3.22. The first-order valence-electron chi connectivity index (χ1n) is 5.61. The molecule has 1 saturated heterocycles. The Labute approximate surface area is 85.2 Å². The molecule has 1 aliphatic carbocycles. The standard InChI is InChI=1S/C11H19NO2/c1-14-11(13)10-7-9(4-5-12-10)6-8-2-3-8/h8-10,12H,2-7H2,1H3. The van der Waals surface area contributed by atoms with E-state index in [1.165, 1.54) is 32.8 Å². The van der Waals surface area contributed by atoms with E-state index in [1.54, 1.807) is 0 Å². The van der Waals surface area contributed by atoms with Crippen molar-refractivity contribution < 1.29 is 9.53 Å². The molecular weight excluding hydrogens is 178 g/mol. The van der Waals surface area contributed by atoms with Gasteiger partial charge in [0.15, 0.2) is 0 Å². The Morgan fingerprint density at radius 1 is 1.36 bits per heavy atom. The molecule has 1 saturated carbocycles. The molecule has 3 nitrogen and oxygen atoms in total. The van der Waals surface area contributed by atoms with Crippen molar-refractivity contribution in [3.63, 3.8) is 0 Å². The first-order valence-corrected chi connectivity index (χ1v) is 5.61. The molecule has 80 valence electrons. The maximum atomic E-state index is 11.3. The Morgan fingerprint density at radius 3 is 2.79 bits per heavy atom. The fourth-order valence-corrected chi connectivity index (χ4v) is 2.36. The van der Waals surface area contributed by atoms with Crippen molar-refractivity contribution >= 4 is 5.97 Å². The van der Waals surface area contributed by atoms with Crippen LogP contribution in [0.25, 0.3) is 0 Å². The Kier molecular flexibility index (Phi) is 3.06. The van der Waals surface area contributed by atoms with Crippen LogP contribution in [0.2, 0.25) is 0 Å². The molecule has 0 aromatic rings. The Balaban J connectivity index is 1.79. The van der Waals surface area contributed by atoms with E-state index >= 15 is 0 Å². The molecule has 2 fully saturated rings. The summed E-state index contributed by atoms with van der Waals surface area (Å²) in [6.45, 7) is 0.969.